The summed E-state index contributed by atoms with van der Waals surface area (Å²) in [5.74, 6) is 0.666. The molecule has 1 atom stereocenters. The molecule has 6 heteroatoms. The van der Waals surface area contributed by atoms with E-state index in [4.69, 9.17) is 15.2 Å². The second kappa shape index (κ2) is 8.73. The van der Waals surface area contributed by atoms with Gasteiger partial charge in [0.15, 0.2) is 0 Å². The van der Waals surface area contributed by atoms with Crippen LogP contribution in [-0.2, 0) is 16.1 Å². The first kappa shape index (κ1) is 16.7. The summed E-state index contributed by atoms with van der Waals surface area (Å²) in [6.45, 7) is 7.20. The van der Waals surface area contributed by atoms with Crippen molar-refractivity contribution in [1.82, 2.24) is 10.2 Å². The van der Waals surface area contributed by atoms with E-state index in [1.807, 2.05) is 24.3 Å². The van der Waals surface area contributed by atoms with Crippen molar-refractivity contribution in [2.75, 3.05) is 39.5 Å². The number of rotatable bonds is 7. The van der Waals surface area contributed by atoms with Crippen molar-refractivity contribution in [2.45, 2.75) is 19.5 Å². The number of nitrogens with one attached hydrogen (secondary N) is 1. The number of hydrogen-bond donors (Lipinski definition) is 2. The third-order valence-electron chi connectivity index (χ3n) is 3.56. The Hall–Kier alpha value is -1.63. The highest BCUT2D eigenvalue weighted by Crippen LogP contribution is 2.13. The summed E-state index contributed by atoms with van der Waals surface area (Å²) < 4.78 is 11.1. The molecule has 1 amide bonds. The molecular formula is C16H25N3O3. The predicted molar refractivity (Wildman–Crippen MR) is 84.7 cm³/mol. The van der Waals surface area contributed by atoms with Gasteiger partial charge in [0.25, 0.3) is 0 Å². The van der Waals surface area contributed by atoms with Crippen LogP contribution in [0.1, 0.15) is 12.5 Å². The monoisotopic (exact) mass is 307 g/mol. The fraction of sp³-hybridized carbons (Fsp3) is 0.562. The zero-order valence-electron chi connectivity index (χ0n) is 13.1. The Bertz CT molecular complexity index is 473. The van der Waals surface area contributed by atoms with Crippen LogP contribution in [0.5, 0.6) is 5.75 Å². The van der Waals surface area contributed by atoms with Gasteiger partial charge in [0, 0.05) is 26.2 Å². The van der Waals surface area contributed by atoms with Crippen LogP contribution in [0.15, 0.2) is 24.3 Å². The van der Waals surface area contributed by atoms with Gasteiger partial charge >= 0.3 is 0 Å². The van der Waals surface area contributed by atoms with Gasteiger partial charge in [-0.3, -0.25) is 9.69 Å². The molecule has 2 rings (SSSR count). The first-order valence-electron chi connectivity index (χ1n) is 7.70. The number of hydrogen-bond acceptors (Lipinski definition) is 5. The van der Waals surface area contributed by atoms with Gasteiger partial charge in [-0.05, 0) is 24.6 Å². The van der Waals surface area contributed by atoms with Crippen LogP contribution < -0.4 is 15.8 Å². The van der Waals surface area contributed by atoms with Crippen LogP contribution in [0.2, 0.25) is 0 Å². The summed E-state index contributed by atoms with van der Waals surface area (Å²) in [6, 6.07) is 7.26. The number of ether oxygens (including phenoxy) is 2. The largest absolute Gasteiger partial charge is 0.492 e. The first-order valence-corrected chi connectivity index (χ1v) is 7.70. The van der Waals surface area contributed by atoms with E-state index < -0.39 is 6.04 Å². The van der Waals surface area contributed by atoms with Crippen LogP contribution >= 0.6 is 0 Å². The Morgan fingerprint density at radius 1 is 1.45 bits per heavy atom. The minimum absolute atomic E-state index is 0.154. The standard InChI is InChI=1S/C16H25N3O3/c1-13(17)16(20)18-12-14-3-2-4-15(11-14)22-10-7-19-5-8-21-9-6-19/h2-4,11,13H,5-10,12,17H2,1H3,(H,18,20). The quantitative estimate of drug-likeness (QED) is 0.761. The number of amides is 1. The molecule has 1 heterocycles. The minimum Gasteiger partial charge on any atom is -0.492 e. The van der Waals surface area contributed by atoms with Crippen molar-refractivity contribution in [2.24, 2.45) is 5.73 Å². The molecule has 0 saturated carbocycles. The van der Waals surface area contributed by atoms with E-state index in [2.05, 4.69) is 10.2 Å². The summed E-state index contributed by atoms with van der Waals surface area (Å²) >= 11 is 0. The summed E-state index contributed by atoms with van der Waals surface area (Å²) in [6.07, 6.45) is 0. The number of nitrogens with two attached hydrogens (primary N) is 1. The predicted octanol–water partition coefficient (Wildman–Crippen LogP) is 0.361. The lowest BCUT2D eigenvalue weighted by molar-refractivity contribution is -0.122. The van der Waals surface area contributed by atoms with Gasteiger partial charge in [-0.15, -0.1) is 0 Å². The number of nitrogens with zero attached hydrogens (tertiary/aromatic N) is 1. The van der Waals surface area contributed by atoms with Crippen LogP contribution in [0.3, 0.4) is 0 Å². The van der Waals surface area contributed by atoms with Crippen LogP contribution in [0.4, 0.5) is 0 Å². The zero-order chi connectivity index (χ0) is 15.8. The molecule has 1 aromatic rings. The molecule has 1 aromatic carbocycles. The Morgan fingerprint density at radius 3 is 2.95 bits per heavy atom. The molecule has 0 spiro atoms. The molecule has 0 aromatic heterocycles. The van der Waals surface area contributed by atoms with Crippen LogP contribution in [0.25, 0.3) is 0 Å². The van der Waals surface area contributed by atoms with Gasteiger partial charge in [-0.2, -0.15) is 0 Å². The normalized spacial score (nSPS) is 17.0. The number of carbonyl (C=O) groups excluding carboxylic acids is 1. The van der Waals surface area contributed by atoms with E-state index in [0.717, 1.165) is 44.2 Å². The highest BCUT2D eigenvalue weighted by atomic mass is 16.5. The topological polar surface area (TPSA) is 76.8 Å². The minimum atomic E-state index is -0.493. The van der Waals surface area contributed by atoms with Crippen LogP contribution in [-0.4, -0.2) is 56.3 Å². The molecule has 3 N–H and O–H groups in total. The second-order valence-electron chi connectivity index (χ2n) is 5.46. The summed E-state index contributed by atoms with van der Waals surface area (Å²) in [5, 5.41) is 2.79. The van der Waals surface area contributed by atoms with Gasteiger partial charge in [-0.25, -0.2) is 0 Å². The van der Waals surface area contributed by atoms with Crippen molar-refractivity contribution in [3.63, 3.8) is 0 Å². The van der Waals surface area contributed by atoms with Crippen molar-refractivity contribution < 1.29 is 14.3 Å². The number of benzene rings is 1. The van der Waals surface area contributed by atoms with Crippen LogP contribution in [0, 0.1) is 0 Å². The van der Waals surface area contributed by atoms with E-state index in [-0.39, 0.29) is 5.91 Å². The zero-order valence-corrected chi connectivity index (χ0v) is 13.1. The lowest BCUT2D eigenvalue weighted by atomic mass is 10.2. The van der Waals surface area contributed by atoms with E-state index in [9.17, 15) is 4.79 Å². The van der Waals surface area contributed by atoms with Gasteiger partial charge < -0.3 is 20.5 Å². The summed E-state index contributed by atoms with van der Waals surface area (Å²) in [4.78, 5) is 13.8. The maximum absolute atomic E-state index is 11.5. The molecule has 1 saturated heterocycles. The average Bonchev–Trinajstić information content (AvgIpc) is 2.54. The fourth-order valence-corrected chi connectivity index (χ4v) is 2.21. The highest BCUT2D eigenvalue weighted by molar-refractivity contribution is 5.80. The highest BCUT2D eigenvalue weighted by Gasteiger charge is 2.10. The maximum atomic E-state index is 11.5. The Labute approximate surface area is 131 Å². The molecule has 1 aliphatic rings. The Kier molecular flexibility index (Phi) is 6.64. The fourth-order valence-electron chi connectivity index (χ4n) is 2.21. The molecule has 1 fully saturated rings. The molecule has 1 aliphatic heterocycles. The molecule has 122 valence electrons. The lowest BCUT2D eigenvalue weighted by Gasteiger charge is -2.26. The maximum Gasteiger partial charge on any atom is 0.236 e. The van der Waals surface area contributed by atoms with E-state index in [1.54, 1.807) is 6.92 Å². The van der Waals surface area contributed by atoms with E-state index in [1.165, 1.54) is 0 Å². The Morgan fingerprint density at radius 2 is 2.23 bits per heavy atom. The number of carbonyl (C=O) groups is 1. The molecule has 0 bridgehead atoms. The lowest BCUT2D eigenvalue weighted by Crippen LogP contribution is -2.38. The smallest absolute Gasteiger partial charge is 0.236 e. The van der Waals surface area contributed by atoms with Crippen molar-refractivity contribution in [3.05, 3.63) is 29.8 Å². The Balaban J connectivity index is 1.74. The van der Waals surface area contributed by atoms with Gasteiger partial charge in [0.05, 0.1) is 19.3 Å². The molecule has 0 aliphatic carbocycles. The van der Waals surface area contributed by atoms with E-state index in [0.29, 0.717) is 13.2 Å². The van der Waals surface area contributed by atoms with Crippen molar-refractivity contribution in [3.8, 4) is 5.75 Å². The number of morpholine rings is 1. The molecule has 6 nitrogen and oxygen atoms in total. The summed E-state index contributed by atoms with van der Waals surface area (Å²) in [5.41, 5.74) is 6.51. The van der Waals surface area contributed by atoms with Gasteiger partial charge in [0.1, 0.15) is 12.4 Å². The molecule has 22 heavy (non-hydrogen) atoms. The third-order valence-corrected chi connectivity index (χ3v) is 3.56. The van der Waals surface area contributed by atoms with Gasteiger partial charge in [0.2, 0.25) is 5.91 Å². The SMILES string of the molecule is CC(N)C(=O)NCc1cccc(OCCN2CCOCC2)c1. The van der Waals surface area contributed by atoms with E-state index >= 15 is 0 Å². The molecule has 0 radical (unpaired) electrons. The molecular weight excluding hydrogens is 282 g/mol. The van der Waals surface area contributed by atoms with Crippen molar-refractivity contribution >= 4 is 5.91 Å². The average molecular weight is 307 g/mol. The first-order chi connectivity index (χ1) is 10.6. The third kappa shape index (κ3) is 5.63. The molecule has 1 unspecified atom stereocenters. The van der Waals surface area contributed by atoms with Gasteiger partial charge in [-0.1, -0.05) is 12.1 Å². The van der Waals surface area contributed by atoms with Crippen molar-refractivity contribution in [1.29, 1.82) is 0 Å². The summed E-state index contributed by atoms with van der Waals surface area (Å²) in [7, 11) is 0. The second-order valence-corrected chi connectivity index (χ2v) is 5.46.